The summed E-state index contributed by atoms with van der Waals surface area (Å²) in [5.41, 5.74) is 1.35. The topological polar surface area (TPSA) is 39.2 Å². The normalized spacial score (nSPS) is 11.3. The third-order valence-electron chi connectivity index (χ3n) is 2.03. The van der Waals surface area contributed by atoms with E-state index in [9.17, 15) is 4.79 Å². The summed E-state index contributed by atoms with van der Waals surface area (Å²) in [5.74, 6) is -0.380. The molecule has 0 saturated heterocycles. The molecule has 0 unspecified atom stereocenters. The van der Waals surface area contributed by atoms with E-state index in [-0.39, 0.29) is 11.4 Å². The van der Waals surface area contributed by atoms with Crippen molar-refractivity contribution in [2.75, 3.05) is 7.11 Å². The molecule has 1 aromatic heterocycles. The van der Waals surface area contributed by atoms with Gasteiger partial charge in [-0.3, -0.25) is 4.98 Å². The molecule has 0 spiro atoms. The standard InChI is InChI=1S/C11H14BrNO2/c1-11(2,3)9-5-8(12)7(6-13-9)10(14)15-4/h5-6H,1-4H3. The molecule has 1 heterocycles. The average molecular weight is 272 g/mol. The van der Waals surface area contributed by atoms with E-state index < -0.39 is 0 Å². The average Bonchev–Trinajstić information content (AvgIpc) is 2.15. The molecule has 0 aliphatic rings. The van der Waals surface area contributed by atoms with Crippen molar-refractivity contribution in [2.24, 2.45) is 0 Å². The zero-order valence-corrected chi connectivity index (χ0v) is 10.9. The number of hydrogen-bond donors (Lipinski definition) is 0. The number of rotatable bonds is 1. The third kappa shape index (κ3) is 2.78. The van der Waals surface area contributed by atoms with Crippen LogP contribution in [0.2, 0.25) is 0 Å². The molecule has 1 rings (SSSR count). The highest BCUT2D eigenvalue weighted by molar-refractivity contribution is 9.10. The van der Waals surface area contributed by atoms with Crippen LogP contribution in [0.5, 0.6) is 0 Å². The van der Waals surface area contributed by atoms with Gasteiger partial charge in [-0.1, -0.05) is 20.8 Å². The molecule has 3 nitrogen and oxygen atoms in total. The fraction of sp³-hybridized carbons (Fsp3) is 0.455. The van der Waals surface area contributed by atoms with Crippen molar-refractivity contribution in [3.05, 3.63) is 28.0 Å². The molecule has 0 aliphatic heterocycles. The zero-order valence-electron chi connectivity index (χ0n) is 9.30. The Morgan fingerprint density at radius 2 is 2.07 bits per heavy atom. The van der Waals surface area contributed by atoms with Gasteiger partial charge in [-0.05, 0) is 22.0 Å². The second-order valence-corrected chi connectivity index (χ2v) is 5.15. The van der Waals surface area contributed by atoms with Gasteiger partial charge in [0.15, 0.2) is 0 Å². The summed E-state index contributed by atoms with van der Waals surface area (Å²) >= 11 is 3.34. The number of pyridine rings is 1. The van der Waals surface area contributed by atoms with Crippen LogP contribution in [0.15, 0.2) is 16.7 Å². The Morgan fingerprint density at radius 3 is 2.47 bits per heavy atom. The van der Waals surface area contributed by atoms with Gasteiger partial charge in [0.25, 0.3) is 0 Å². The minimum absolute atomic E-state index is 0.0306. The van der Waals surface area contributed by atoms with Crippen molar-refractivity contribution >= 4 is 21.9 Å². The summed E-state index contributed by atoms with van der Waals surface area (Å²) in [5, 5.41) is 0. The first-order chi connectivity index (χ1) is 6.86. The molecule has 4 heteroatoms. The van der Waals surface area contributed by atoms with Crippen LogP contribution in [-0.2, 0) is 10.2 Å². The maximum absolute atomic E-state index is 11.3. The Kier molecular flexibility index (Phi) is 3.50. The molecule has 0 aliphatic carbocycles. The van der Waals surface area contributed by atoms with Crippen LogP contribution in [0.3, 0.4) is 0 Å². The van der Waals surface area contributed by atoms with E-state index >= 15 is 0 Å². The van der Waals surface area contributed by atoms with E-state index in [2.05, 4.69) is 46.4 Å². The van der Waals surface area contributed by atoms with Crippen LogP contribution in [-0.4, -0.2) is 18.1 Å². The lowest BCUT2D eigenvalue weighted by Gasteiger charge is -2.18. The molecular formula is C11H14BrNO2. The van der Waals surface area contributed by atoms with Gasteiger partial charge >= 0.3 is 5.97 Å². The Bertz CT molecular complexity index is 383. The first kappa shape index (κ1) is 12.2. The number of carbonyl (C=O) groups excluding carboxylic acids is 1. The predicted molar refractivity (Wildman–Crippen MR) is 62.0 cm³/mol. The Balaban J connectivity index is 3.15. The second kappa shape index (κ2) is 4.31. The van der Waals surface area contributed by atoms with E-state index in [0.717, 1.165) is 5.69 Å². The van der Waals surface area contributed by atoms with Crippen molar-refractivity contribution in [2.45, 2.75) is 26.2 Å². The molecule has 0 bridgehead atoms. The van der Waals surface area contributed by atoms with Gasteiger partial charge in [-0.15, -0.1) is 0 Å². The molecule has 0 N–H and O–H groups in total. The van der Waals surface area contributed by atoms with Gasteiger partial charge in [0, 0.05) is 21.8 Å². The SMILES string of the molecule is COC(=O)c1cnc(C(C)(C)C)cc1Br. The largest absolute Gasteiger partial charge is 0.465 e. The summed E-state index contributed by atoms with van der Waals surface area (Å²) in [6.07, 6.45) is 1.54. The number of aromatic nitrogens is 1. The van der Waals surface area contributed by atoms with E-state index in [4.69, 9.17) is 0 Å². The van der Waals surface area contributed by atoms with Crippen LogP contribution in [0.25, 0.3) is 0 Å². The molecule has 0 atom stereocenters. The number of carbonyl (C=O) groups is 1. The van der Waals surface area contributed by atoms with Crippen LogP contribution < -0.4 is 0 Å². The molecule has 15 heavy (non-hydrogen) atoms. The van der Waals surface area contributed by atoms with Crippen molar-refractivity contribution in [1.29, 1.82) is 0 Å². The number of ether oxygens (including phenoxy) is 1. The van der Waals surface area contributed by atoms with Crippen molar-refractivity contribution < 1.29 is 9.53 Å². The summed E-state index contributed by atoms with van der Waals surface area (Å²) in [7, 11) is 1.35. The number of methoxy groups -OCH3 is 1. The van der Waals surface area contributed by atoms with Gasteiger partial charge in [0.05, 0.1) is 12.7 Å². The first-order valence-corrected chi connectivity index (χ1v) is 5.40. The Labute approximate surface area is 98.0 Å². The van der Waals surface area contributed by atoms with Crippen LogP contribution >= 0.6 is 15.9 Å². The number of hydrogen-bond acceptors (Lipinski definition) is 3. The highest BCUT2D eigenvalue weighted by Gasteiger charge is 2.18. The number of nitrogens with zero attached hydrogens (tertiary/aromatic N) is 1. The van der Waals surface area contributed by atoms with Crippen molar-refractivity contribution in [3.8, 4) is 0 Å². The monoisotopic (exact) mass is 271 g/mol. The van der Waals surface area contributed by atoms with Gasteiger partial charge in [0.1, 0.15) is 0 Å². The minimum atomic E-state index is -0.380. The van der Waals surface area contributed by atoms with Gasteiger partial charge in [-0.2, -0.15) is 0 Å². The quantitative estimate of drug-likeness (QED) is 0.738. The molecule has 0 saturated carbocycles. The fourth-order valence-electron chi connectivity index (χ4n) is 1.10. The predicted octanol–water partition coefficient (Wildman–Crippen LogP) is 2.93. The minimum Gasteiger partial charge on any atom is -0.465 e. The summed E-state index contributed by atoms with van der Waals surface area (Å²) in [6.45, 7) is 6.21. The highest BCUT2D eigenvalue weighted by Crippen LogP contribution is 2.25. The van der Waals surface area contributed by atoms with E-state index in [1.807, 2.05) is 6.07 Å². The van der Waals surface area contributed by atoms with Gasteiger partial charge in [0.2, 0.25) is 0 Å². The summed E-state index contributed by atoms with van der Waals surface area (Å²) in [4.78, 5) is 15.6. The molecule has 1 aromatic rings. The van der Waals surface area contributed by atoms with Crippen LogP contribution in [0, 0.1) is 0 Å². The molecule has 0 aromatic carbocycles. The maximum Gasteiger partial charge on any atom is 0.340 e. The fourth-order valence-corrected chi connectivity index (χ4v) is 1.58. The zero-order chi connectivity index (χ0) is 11.6. The molecule has 0 fully saturated rings. The lowest BCUT2D eigenvalue weighted by atomic mass is 9.91. The molecule has 0 radical (unpaired) electrons. The lowest BCUT2D eigenvalue weighted by Crippen LogP contribution is -2.14. The third-order valence-corrected chi connectivity index (χ3v) is 2.68. The molecular weight excluding hydrogens is 258 g/mol. The van der Waals surface area contributed by atoms with Gasteiger partial charge < -0.3 is 4.74 Å². The van der Waals surface area contributed by atoms with Crippen LogP contribution in [0.1, 0.15) is 36.8 Å². The summed E-state index contributed by atoms with van der Waals surface area (Å²) < 4.78 is 5.35. The maximum atomic E-state index is 11.3. The second-order valence-electron chi connectivity index (χ2n) is 4.29. The van der Waals surface area contributed by atoms with Gasteiger partial charge in [-0.25, -0.2) is 4.79 Å². The van der Waals surface area contributed by atoms with E-state index in [1.54, 1.807) is 0 Å². The summed E-state index contributed by atoms with van der Waals surface area (Å²) in [6, 6.07) is 1.85. The number of halogens is 1. The Hall–Kier alpha value is -0.900. The Morgan fingerprint density at radius 1 is 1.47 bits per heavy atom. The number of esters is 1. The highest BCUT2D eigenvalue weighted by atomic mass is 79.9. The van der Waals surface area contributed by atoms with E-state index in [1.165, 1.54) is 13.3 Å². The molecule has 82 valence electrons. The van der Waals surface area contributed by atoms with Crippen molar-refractivity contribution in [1.82, 2.24) is 4.98 Å². The van der Waals surface area contributed by atoms with Crippen LogP contribution in [0.4, 0.5) is 0 Å². The van der Waals surface area contributed by atoms with E-state index in [0.29, 0.717) is 10.0 Å². The first-order valence-electron chi connectivity index (χ1n) is 4.60. The smallest absolute Gasteiger partial charge is 0.340 e. The lowest BCUT2D eigenvalue weighted by molar-refractivity contribution is 0.0599. The molecule has 0 amide bonds. The van der Waals surface area contributed by atoms with Crippen molar-refractivity contribution in [3.63, 3.8) is 0 Å².